The Morgan fingerprint density at radius 3 is 3.00 bits per heavy atom. The van der Waals surface area contributed by atoms with E-state index in [1.54, 1.807) is 6.20 Å². The van der Waals surface area contributed by atoms with Crippen molar-refractivity contribution in [2.75, 3.05) is 36.9 Å². The van der Waals surface area contributed by atoms with Gasteiger partial charge in [-0.2, -0.15) is 5.10 Å². The molecule has 3 rings (SSSR count). The van der Waals surface area contributed by atoms with E-state index in [-0.39, 0.29) is 5.91 Å². The van der Waals surface area contributed by atoms with Crippen LogP contribution in [0.25, 0.3) is 0 Å². The third kappa shape index (κ3) is 4.80. The molecule has 2 aromatic rings. The molecular weight excluding hydrogens is 394 g/mol. The van der Waals surface area contributed by atoms with Crippen LogP contribution in [0.2, 0.25) is 0 Å². The first kappa shape index (κ1) is 18.8. The summed E-state index contributed by atoms with van der Waals surface area (Å²) < 4.78 is 1.04. The highest BCUT2D eigenvalue weighted by atomic mass is 79.9. The van der Waals surface area contributed by atoms with Crippen molar-refractivity contribution in [1.82, 2.24) is 15.1 Å². The first-order valence-corrected chi connectivity index (χ1v) is 9.61. The summed E-state index contributed by atoms with van der Waals surface area (Å²) in [5.41, 5.74) is 1.92. The molecule has 1 fully saturated rings. The standard InChI is InChI=1S/C19H24BrN5O/c1-14-11-15(7-8-17(14)20)22-19(26)13-24(2)12-16-5-4-10-25(16)18-6-3-9-21-23-18/h3,6-9,11,16H,4-5,10,12-13H2,1-2H3,(H,22,26). The van der Waals surface area contributed by atoms with E-state index in [4.69, 9.17) is 0 Å². The maximum Gasteiger partial charge on any atom is 0.238 e. The largest absolute Gasteiger partial charge is 0.351 e. The Balaban J connectivity index is 1.53. The maximum atomic E-state index is 12.3. The van der Waals surface area contributed by atoms with Gasteiger partial charge in [0.05, 0.1) is 6.54 Å². The second-order valence-corrected chi connectivity index (χ2v) is 7.63. The van der Waals surface area contributed by atoms with Crippen LogP contribution in [-0.4, -0.2) is 53.7 Å². The fraction of sp³-hybridized carbons (Fsp3) is 0.421. The first-order chi connectivity index (χ1) is 12.5. The van der Waals surface area contributed by atoms with Crippen LogP contribution in [0, 0.1) is 6.92 Å². The molecule has 1 aromatic heterocycles. The van der Waals surface area contributed by atoms with Crippen LogP contribution in [0.4, 0.5) is 11.5 Å². The van der Waals surface area contributed by atoms with E-state index in [1.807, 2.05) is 44.3 Å². The third-order valence-corrected chi connectivity index (χ3v) is 5.50. The molecular formula is C19H24BrN5O. The lowest BCUT2D eigenvalue weighted by molar-refractivity contribution is -0.117. The van der Waals surface area contributed by atoms with Gasteiger partial charge >= 0.3 is 0 Å². The van der Waals surface area contributed by atoms with E-state index in [2.05, 4.69) is 41.2 Å². The smallest absolute Gasteiger partial charge is 0.238 e. The van der Waals surface area contributed by atoms with Gasteiger partial charge in [-0.05, 0) is 62.7 Å². The second-order valence-electron chi connectivity index (χ2n) is 6.78. The number of carbonyl (C=O) groups excluding carboxylic acids is 1. The summed E-state index contributed by atoms with van der Waals surface area (Å²) in [7, 11) is 1.99. The number of rotatable bonds is 6. The van der Waals surface area contributed by atoms with Crippen molar-refractivity contribution in [3.05, 3.63) is 46.6 Å². The van der Waals surface area contributed by atoms with Gasteiger partial charge in [0.25, 0.3) is 0 Å². The van der Waals surface area contributed by atoms with Gasteiger partial charge in [0.2, 0.25) is 5.91 Å². The quantitative estimate of drug-likeness (QED) is 0.782. The van der Waals surface area contributed by atoms with Crippen LogP contribution in [-0.2, 0) is 4.79 Å². The van der Waals surface area contributed by atoms with Gasteiger partial charge in [-0.3, -0.25) is 9.69 Å². The molecule has 1 N–H and O–H groups in total. The van der Waals surface area contributed by atoms with Crippen LogP contribution in [0.5, 0.6) is 0 Å². The van der Waals surface area contributed by atoms with Crippen molar-refractivity contribution >= 4 is 33.3 Å². The Bertz CT molecular complexity index is 755. The molecule has 1 amide bonds. The van der Waals surface area contributed by atoms with Gasteiger partial charge < -0.3 is 10.2 Å². The van der Waals surface area contributed by atoms with Crippen LogP contribution >= 0.6 is 15.9 Å². The van der Waals surface area contributed by atoms with Crippen molar-refractivity contribution in [3.63, 3.8) is 0 Å². The number of carbonyl (C=O) groups is 1. The molecule has 0 radical (unpaired) electrons. The van der Waals surface area contributed by atoms with Gasteiger partial charge in [0.15, 0.2) is 5.82 Å². The van der Waals surface area contributed by atoms with Crippen molar-refractivity contribution < 1.29 is 4.79 Å². The van der Waals surface area contributed by atoms with Gasteiger partial charge in [0.1, 0.15) is 0 Å². The van der Waals surface area contributed by atoms with E-state index in [0.717, 1.165) is 47.5 Å². The minimum Gasteiger partial charge on any atom is -0.351 e. The van der Waals surface area contributed by atoms with Crippen LogP contribution in [0.1, 0.15) is 18.4 Å². The highest BCUT2D eigenvalue weighted by Crippen LogP contribution is 2.23. The molecule has 1 aliphatic heterocycles. The number of anilines is 2. The molecule has 1 saturated heterocycles. The Kier molecular flexibility index (Phi) is 6.21. The zero-order valence-corrected chi connectivity index (χ0v) is 16.7. The van der Waals surface area contributed by atoms with E-state index >= 15 is 0 Å². The first-order valence-electron chi connectivity index (χ1n) is 8.82. The lowest BCUT2D eigenvalue weighted by atomic mass is 10.2. The number of nitrogens with one attached hydrogen (secondary N) is 1. The Morgan fingerprint density at radius 1 is 1.42 bits per heavy atom. The van der Waals surface area contributed by atoms with E-state index < -0.39 is 0 Å². The fourth-order valence-electron chi connectivity index (χ4n) is 3.37. The molecule has 2 heterocycles. The number of hydrogen-bond acceptors (Lipinski definition) is 5. The summed E-state index contributed by atoms with van der Waals surface area (Å²) in [4.78, 5) is 16.7. The number of likely N-dealkylation sites (N-methyl/N-ethyl adjacent to an activating group) is 1. The summed E-state index contributed by atoms with van der Waals surface area (Å²) in [6, 6.07) is 10.1. The Morgan fingerprint density at radius 2 is 2.27 bits per heavy atom. The summed E-state index contributed by atoms with van der Waals surface area (Å²) in [5.74, 6) is 0.913. The molecule has 0 aliphatic carbocycles. The van der Waals surface area contributed by atoms with E-state index in [9.17, 15) is 4.79 Å². The predicted molar refractivity (Wildman–Crippen MR) is 107 cm³/mol. The molecule has 1 aliphatic rings. The Labute approximate surface area is 162 Å². The highest BCUT2D eigenvalue weighted by Gasteiger charge is 2.27. The normalized spacial score (nSPS) is 16.9. The summed E-state index contributed by atoms with van der Waals surface area (Å²) >= 11 is 3.47. The molecule has 0 saturated carbocycles. The average molecular weight is 418 g/mol. The third-order valence-electron chi connectivity index (χ3n) is 4.61. The second kappa shape index (κ2) is 8.60. The zero-order valence-electron chi connectivity index (χ0n) is 15.2. The van der Waals surface area contributed by atoms with Crippen molar-refractivity contribution in [1.29, 1.82) is 0 Å². The molecule has 1 unspecified atom stereocenters. The van der Waals surface area contributed by atoms with Gasteiger partial charge in [0, 0.05) is 35.5 Å². The zero-order chi connectivity index (χ0) is 18.5. The van der Waals surface area contributed by atoms with Gasteiger partial charge in [-0.25, -0.2) is 0 Å². The number of halogens is 1. The molecule has 7 heteroatoms. The van der Waals surface area contributed by atoms with Crippen LogP contribution in [0.15, 0.2) is 41.0 Å². The van der Waals surface area contributed by atoms with E-state index in [1.165, 1.54) is 0 Å². The SMILES string of the molecule is Cc1cc(NC(=O)CN(C)CC2CCCN2c2cccnn2)ccc1Br. The maximum absolute atomic E-state index is 12.3. The summed E-state index contributed by atoms with van der Waals surface area (Å²) in [5, 5.41) is 11.2. The molecule has 6 nitrogen and oxygen atoms in total. The molecule has 26 heavy (non-hydrogen) atoms. The van der Waals surface area contributed by atoms with Crippen LogP contribution in [0.3, 0.4) is 0 Å². The molecule has 1 atom stereocenters. The number of hydrogen-bond donors (Lipinski definition) is 1. The number of amides is 1. The van der Waals surface area contributed by atoms with Crippen molar-refractivity contribution in [3.8, 4) is 0 Å². The van der Waals surface area contributed by atoms with Crippen molar-refractivity contribution in [2.45, 2.75) is 25.8 Å². The number of nitrogens with zero attached hydrogens (tertiary/aromatic N) is 4. The minimum atomic E-state index is -0.00160. The number of benzene rings is 1. The molecule has 0 bridgehead atoms. The fourth-order valence-corrected chi connectivity index (χ4v) is 3.61. The lowest BCUT2D eigenvalue weighted by Gasteiger charge is -2.28. The summed E-state index contributed by atoms with van der Waals surface area (Å²) in [6.45, 7) is 4.18. The minimum absolute atomic E-state index is 0.00160. The summed E-state index contributed by atoms with van der Waals surface area (Å²) in [6.07, 6.45) is 3.93. The monoisotopic (exact) mass is 417 g/mol. The Hall–Kier alpha value is -1.99. The number of aromatic nitrogens is 2. The number of aryl methyl sites for hydroxylation is 1. The topological polar surface area (TPSA) is 61.4 Å². The van der Waals surface area contributed by atoms with Crippen molar-refractivity contribution in [2.24, 2.45) is 0 Å². The lowest BCUT2D eigenvalue weighted by Crippen LogP contribution is -2.42. The molecule has 0 spiro atoms. The predicted octanol–water partition coefficient (Wildman–Crippen LogP) is 3.09. The van der Waals surface area contributed by atoms with Gasteiger partial charge in [-0.1, -0.05) is 15.9 Å². The average Bonchev–Trinajstić information content (AvgIpc) is 3.06. The van der Waals surface area contributed by atoms with Gasteiger partial charge in [-0.15, -0.1) is 5.10 Å². The molecule has 1 aromatic carbocycles. The van der Waals surface area contributed by atoms with E-state index in [0.29, 0.717) is 12.6 Å². The molecule has 138 valence electrons. The highest BCUT2D eigenvalue weighted by molar-refractivity contribution is 9.10. The van der Waals surface area contributed by atoms with Crippen LogP contribution < -0.4 is 10.2 Å².